The van der Waals surface area contributed by atoms with Gasteiger partial charge in [-0.3, -0.25) is 9.69 Å². The monoisotopic (exact) mass is 430 g/mol. The number of hydrogen-bond acceptors (Lipinski definition) is 3. The van der Waals surface area contributed by atoms with Gasteiger partial charge in [-0.15, -0.1) is 0 Å². The van der Waals surface area contributed by atoms with Gasteiger partial charge >= 0.3 is 0 Å². The first-order chi connectivity index (χ1) is 14.6. The van der Waals surface area contributed by atoms with Gasteiger partial charge in [0, 0.05) is 42.8 Å². The molecule has 30 heavy (non-hydrogen) atoms. The normalized spacial score (nSPS) is 20.4. The lowest BCUT2D eigenvalue weighted by Crippen LogP contribution is -2.50. The Morgan fingerprint density at radius 1 is 1.13 bits per heavy atom. The molecule has 0 radical (unpaired) electrons. The van der Waals surface area contributed by atoms with Crippen molar-refractivity contribution in [1.29, 1.82) is 0 Å². The highest BCUT2D eigenvalue weighted by Gasteiger charge is 2.31. The molecule has 6 heteroatoms. The molecule has 0 aromatic heterocycles. The van der Waals surface area contributed by atoms with Gasteiger partial charge in [0.1, 0.15) is 5.82 Å². The number of halogens is 2. The number of hydrogen-bond donors (Lipinski definition) is 0. The second-order valence-electron chi connectivity index (χ2n) is 8.22. The molecular formula is C24H28ClFN2O2. The summed E-state index contributed by atoms with van der Waals surface area (Å²) >= 11 is 6.33. The van der Waals surface area contributed by atoms with Crippen molar-refractivity contribution < 1.29 is 13.9 Å². The molecule has 160 valence electrons. The third-order valence-electron chi connectivity index (χ3n) is 6.09. The van der Waals surface area contributed by atoms with Crippen molar-refractivity contribution in [3.63, 3.8) is 0 Å². The van der Waals surface area contributed by atoms with Crippen molar-refractivity contribution in [3.05, 3.63) is 70.5 Å². The summed E-state index contributed by atoms with van der Waals surface area (Å²) in [5.41, 5.74) is 1.64. The van der Waals surface area contributed by atoms with E-state index < -0.39 is 0 Å². The summed E-state index contributed by atoms with van der Waals surface area (Å²) in [6.45, 7) is 3.56. The number of morpholine rings is 1. The predicted octanol–water partition coefficient (Wildman–Crippen LogP) is 4.76. The van der Waals surface area contributed by atoms with Crippen LogP contribution in [0.5, 0.6) is 0 Å². The molecule has 1 saturated heterocycles. The van der Waals surface area contributed by atoms with Crippen LogP contribution in [-0.2, 0) is 11.3 Å². The van der Waals surface area contributed by atoms with E-state index in [0.717, 1.165) is 55.9 Å². The summed E-state index contributed by atoms with van der Waals surface area (Å²) in [5.74, 6) is -0.362. The van der Waals surface area contributed by atoms with E-state index in [4.69, 9.17) is 16.3 Å². The minimum Gasteiger partial charge on any atom is -0.374 e. The van der Waals surface area contributed by atoms with Gasteiger partial charge in [-0.05, 0) is 48.7 Å². The Labute approximate surface area is 182 Å². The Balaban J connectivity index is 1.44. The van der Waals surface area contributed by atoms with Gasteiger partial charge in [0.2, 0.25) is 0 Å². The number of nitrogens with zero attached hydrogens (tertiary/aromatic N) is 2. The van der Waals surface area contributed by atoms with Crippen LogP contribution < -0.4 is 0 Å². The molecule has 1 aliphatic carbocycles. The lowest BCUT2D eigenvalue weighted by molar-refractivity contribution is -0.0468. The van der Waals surface area contributed by atoms with Gasteiger partial charge in [-0.1, -0.05) is 42.6 Å². The van der Waals surface area contributed by atoms with Crippen LogP contribution in [0.3, 0.4) is 0 Å². The maximum absolute atomic E-state index is 13.3. The second-order valence-corrected chi connectivity index (χ2v) is 8.63. The number of ether oxygens (including phenoxy) is 1. The summed E-state index contributed by atoms with van der Waals surface area (Å²) in [6.07, 6.45) is 4.27. The van der Waals surface area contributed by atoms with Gasteiger partial charge in [0.25, 0.3) is 5.91 Å². The molecule has 1 amide bonds. The molecular weight excluding hydrogens is 403 g/mol. The Bertz CT molecular complexity index is 855. The Morgan fingerprint density at radius 3 is 2.60 bits per heavy atom. The Hall–Kier alpha value is -1.95. The fraction of sp³-hybridized carbons (Fsp3) is 0.458. The van der Waals surface area contributed by atoms with Gasteiger partial charge in [0.15, 0.2) is 0 Å². The molecule has 0 spiro atoms. The van der Waals surface area contributed by atoms with Crippen LogP contribution >= 0.6 is 11.6 Å². The molecule has 4 rings (SSSR count). The number of carbonyl (C=O) groups excluding carboxylic acids is 1. The first-order valence-electron chi connectivity index (χ1n) is 10.7. The highest BCUT2D eigenvalue weighted by Crippen LogP contribution is 2.26. The van der Waals surface area contributed by atoms with Crippen LogP contribution in [0.2, 0.25) is 5.02 Å². The average Bonchev–Trinajstić information content (AvgIpc) is 3.29. The Kier molecular flexibility index (Phi) is 7.03. The number of rotatable bonds is 6. The van der Waals surface area contributed by atoms with Crippen LogP contribution in [0.4, 0.5) is 4.39 Å². The fourth-order valence-electron chi connectivity index (χ4n) is 4.49. The van der Waals surface area contributed by atoms with Gasteiger partial charge in [0.05, 0.1) is 12.7 Å². The molecule has 2 aromatic rings. The van der Waals surface area contributed by atoms with E-state index in [0.29, 0.717) is 18.7 Å². The standard InChI is InChI=1S/C24H28ClFN2O2/c25-23-8-4-1-5-19(23)15-27-13-14-30-22(16-27)17-28(21-6-2-3-7-21)24(29)18-9-11-20(26)12-10-18/h1,4-5,8-12,21-22H,2-3,6-7,13-17H2. The molecule has 1 saturated carbocycles. The van der Waals surface area contributed by atoms with E-state index >= 15 is 0 Å². The molecule has 1 unspecified atom stereocenters. The zero-order valence-corrected chi connectivity index (χ0v) is 17.9. The fourth-order valence-corrected chi connectivity index (χ4v) is 4.69. The van der Waals surface area contributed by atoms with Crippen molar-refractivity contribution in [2.75, 3.05) is 26.2 Å². The van der Waals surface area contributed by atoms with E-state index in [9.17, 15) is 9.18 Å². The molecule has 2 fully saturated rings. The van der Waals surface area contributed by atoms with E-state index in [1.807, 2.05) is 23.1 Å². The minimum absolute atomic E-state index is 0.0336. The minimum atomic E-state index is -0.329. The molecule has 0 bridgehead atoms. The van der Waals surface area contributed by atoms with E-state index in [2.05, 4.69) is 11.0 Å². The molecule has 1 aliphatic heterocycles. The smallest absolute Gasteiger partial charge is 0.254 e. The van der Waals surface area contributed by atoms with Crippen LogP contribution in [0.25, 0.3) is 0 Å². The maximum atomic E-state index is 13.3. The quantitative estimate of drug-likeness (QED) is 0.662. The number of carbonyl (C=O) groups is 1. The lowest BCUT2D eigenvalue weighted by atomic mass is 10.1. The van der Waals surface area contributed by atoms with Crippen molar-refractivity contribution in [1.82, 2.24) is 9.80 Å². The van der Waals surface area contributed by atoms with Crippen LogP contribution in [0, 0.1) is 5.82 Å². The molecule has 0 N–H and O–H groups in total. The van der Waals surface area contributed by atoms with Gasteiger partial charge < -0.3 is 9.64 Å². The summed E-state index contributed by atoms with van der Waals surface area (Å²) in [6, 6.07) is 14.0. The largest absolute Gasteiger partial charge is 0.374 e. The summed E-state index contributed by atoms with van der Waals surface area (Å²) in [5, 5.41) is 0.777. The Morgan fingerprint density at radius 2 is 1.87 bits per heavy atom. The summed E-state index contributed by atoms with van der Waals surface area (Å²) < 4.78 is 19.4. The lowest BCUT2D eigenvalue weighted by Gasteiger charge is -2.38. The van der Waals surface area contributed by atoms with Crippen molar-refractivity contribution in [2.24, 2.45) is 0 Å². The highest BCUT2D eigenvalue weighted by molar-refractivity contribution is 6.31. The number of benzene rings is 2. The molecule has 4 nitrogen and oxygen atoms in total. The first kappa shape index (κ1) is 21.3. The van der Waals surface area contributed by atoms with E-state index in [1.54, 1.807) is 12.1 Å². The molecule has 1 heterocycles. The maximum Gasteiger partial charge on any atom is 0.254 e. The first-order valence-corrected chi connectivity index (χ1v) is 11.1. The van der Waals surface area contributed by atoms with Crippen molar-refractivity contribution >= 4 is 17.5 Å². The SMILES string of the molecule is O=C(c1ccc(F)cc1)N(CC1CN(Cc2ccccc2Cl)CCO1)C1CCCC1. The second kappa shape index (κ2) is 9.90. The van der Waals surface area contributed by atoms with E-state index in [1.165, 1.54) is 12.1 Å². The predicted molar refractivity (Wildman–Crippen MR) is 116 cm³/mol. The van der Waals surface area contributed by atoms with Crippen LogP contribution in [-0.4, -0.2) is 54.1 Å². The van der Waals surface area contributed by atoms with Gasteiger partial charge in [-0.2, -0.15) is 0 Å². The summed E-state index contributed by atoms with van der Waals surface area (Å²) in [4.78, 5) is 17.6. The zero-order chi connectivity index (χ0) is 20.9. The molecule has 1 atom stereocenters. The topological polar surface area (TPSA) is 32.8 Å². The molecule has 2 aliphatic rings. The third kappa shape index (κ3) is 5.20. The highest BCUT2D eigenvalue weighted by atomic mass is 35.5. The summed E-state index contributed by atoms with van der Waals surface area (Å²) in [7, 11) is 0. The molecule has 2 aromatic carbocycles. The third-order valence-corrected chi connectivity index (χ3v) is 6.46. The number of amides is 1. The zero-order valence-electron chi connectivity index (χ0n) is 17.1. The average molecular weight is 431 g/mol. The van der Waals surface area contributed by atoms with Crippen LogP contribution in [0.15, 0.2) is 48.5 Å². The van der Waals surface area contributed by atoms with Crippen molar-refractivity contribution in [2.45, 2.75) is 44.4 Å². The van der Waals surface area contributed by atoms with Crippen molar-refractivity contribution in [3.8, 4) is 0 Å². The van der Waals surface area contributed by atoms with Crippen LogP contribution in [0.1, 0.15) is 41.6 Å². The van der Waals surface area contributed by atoms with Gasteiger partial charge in [-0.25, -0.2) is 4.39 Å². The van der Waals surface area contributed by atoms with E-state index in [-0.39, 0.29) is 23.9 Å².